The lowest BCUT2D eigenvalue weighted by Crippen LogP contribution is -1.97. The van der Waals surface area contributed by atoms with Crippen LogP contribution in [-0.2, 0) is 11.5 Å². The van der Waals surface area contributed by atoms with Crippen molar-refractivity contribution in [2.24, 2.45) is 0 Å². The highest BCUT2D eigenvalue weighted by atomic mass is 17.2. The molecule has 0 bridgehead atoms. The molecule has 0 saturated heterocycles. The van der Waals surface area contributed by atoms with Crippen molar-refractivity contribution >= 4 is 6.08 Å². The summed E-state index contributed by atoms with van der Waals surface area (Å²) in [6.45, 7) is 6.17. The first-order valence-corrected chi connectivity index (χ1v) is 5.85. The first-order chi connectivity index (χ1) is 8.78. The largest absolute Gasteiger partial charge is 0.337 e. The van der Waals surface area contributed by atoms with Crippen LogP contribution in [0.2, 0.25) is 0 Å². The van der Waals surface area contributed by atoms with Crippen molar-refractivity contribution < 1.29 is 9.78 Å². The molecule has 0 N–H and O–H groups in total. The summed E-state index contributed by atoms with van der Waals surface area (Å²) >= 11 is 0. The van der Waals surface area contributed by atoms with E-state index in [-0.39, 0.29) is 0 Å². The maximum Gasteiger partial charge on any atom is 0.165 e. The molecule has 0 aliphatic heterocycles. The Morgan fingerprint density at radius 2 is 1.67 bits per heavy atom. The second-order valence-electron chi connectivity index (χ2n) is 4.10. The van der Waals surface area contributed by atoms with Crippen molar-refractivity contribution in [1.82, 2.24) is 0 Å². The molecule has 0 saturated carbocycles. The van der Waals surface area contributed by atoms with Gasteiger partial charge < -0.3 is 4.89 Å². The molecule has 0 aromatic heterocycles. The Morgan fingerprint density at radius 1 is 1.00 bits per heavy atom. The molecule has 0 amide bonds. The summed E-state index contributed by atoms with van der Waals surface area (Å²) in [7, 11) is 0. The van der Waals surface area contributed by atoms with Gasteiger partial charge in [-0.3, -0.25) is 0 Å². The second-order valence-corrected chi connectivity index (χ2v) is 4.10. The van der Waals surface area contributed by atoms with Crippen LogP contribution in [-0.4, -0.2) is 0 Å². The van der Waals surface area contributed by atoms with Gasteiger partial charge in [0.1, 0.15) is 6.61 Å². The lowest BCUT2D eigenvalue weighted by atomic mass is 10.1. The molecule has 0 fully saturated rings. The molecular weight excluding hydrogens is 224 g/mol. The Bertz CT molecular complexity index is 498. The highest BCUT2D eigenvalue weighted by Gasteiger charge is 1.96. The predicted molar refractivity (Wildman–Crippen MR) is 73.1 cm³/mol. The van der Waals surface area contributed by atoms with E-state index in [1.807, 2.05) is 61.5 Å². The van der Waals surface area contributed by atoms with E-state index in [9.17, 15) is 0 Å². The lowest BCUT2D eigenvalue weighted by Gasteiger charge is -2.05. The number of benzene rings is 2. The molecule has 0 atom stereocenters. The molecule has 0 heterocycles. The first kappa shape index (κ1) is 12.4. The van der Waals surface area contributed by atoms with E-state index in [1.165, 1.54) is 5.56 Å². The fourth-order valence-electron chi connectivity index (χ4n) is 1.51. The van der Waals surface area contributed by atoms with Gasteiger partial charge in [-0.05, 0) is 30.2 Å². The molecule has 0 unspecified atom stereocenters. The number of rotatable bonds is 5. The lowest BCUT2D eigenvalue weighted by molar-refractivity contribution is -0.217. The Morgan fingerprint density at radius 3 is 2.28 bits per heavy atom. The molecule has 0 spiro atoms. The number of hydrogen-bond donors (Lipinski definition) is 0. The number of hydrogen-bond acceptors (Lipinski definition) is 2. The zero-order valence-corrected chi connectivity index (χ0v) is 10.4. The summed E-state index contributed by atoms with van der Waals surface area (Å²) in [5, 5.41) is 0. The van der Waals surface area contributed by atoms with E-state index < -0.39 is 0 Å². The smallest absolute Gasteiger partial charge is 0.165 e. The molecule has 2 nitrogen and oxygen atoms in total. The third kappa shape index (κ3) is 3.47. The quantitative estimate of drug-likeness (QED) is 0.577. The van der Waals surface area contributed by atoms with Crippen molar-refractivity contribution in [3.05, 3.63) is 71.8 Å². The van der Waals surface area contributed by atoms with E-state index in [0.29, 0.717) is 12.4 Å². The molecule has 18 heavy (non-hydrogen) atoms. The van der Waals surface area contributed by atoms with Gasteiger partial charge in [0.25, 0.3) is 0 Å². The topological polar surface area (TPSA) is 18.5 Å². The molecule has 0 aliphatic carbocycles. The van der Waals surface area contributed by atoms with Gasteiger partial charge in [-0.2, -0.15) is 4.89 Å². The highest BCUT2D eigenvalue weighted by molar-refractivity contribution is 5.47. The van der Waals surface area contributed by atoms with Gasteiger partial charge in [-0.25, -0.2) is 0 Å². The van der Waals surface area contributed by atoms with Crippen LogP contribution in [0.25, 0.3) is 6.08 Å². The van der Waals surface area contributed by atoms with Gasteiger partial charge in [-0.1, -0.05) is 54.6 Å². The molecular formula is C16H16O2. The summed E-state index contributed by atoms with van der Waals surface area (Å²) in [6, 6.07) is 15.7. The Kier molecular flexibility index (Phi) is 4.15. The fraction of sp³-hybridized carbons (Fsp3) is 0.125. The van der Waals surface area contributed by atoms with Gasteiger partial charge in [0.05, 0.1) is 0 Å². The van der Waals surface area contributed by atoms with Crippen molar-refractivity contribution in [3.63, 3.8) is 0 Å². The van der Waals surface area contributed by atoms with E-state index in [2.05, 4.69) is 6.58 Å². The van der Waals surface area contributed by atoms with E-state index in [1.54, 1.807) is 0 Å². The standard InChI is InChI=1S/C16H16O2/c1-3-14-6-8-15(9-7-14)12-17-18-16-10-4-13(2)5-11-16/h3-11H,1,12H2,2H3. The monoisotopic (exact) mass is 240 g/mol. The normalized spacial score (nSPS) is 10.1. The van der Waals surface area contributed by atoms with E-state index in [4.69, 9.17) is 9.78 Å². The minimum Gasteiger partial charge on any atom is -0.337 e. The van der Waals surface area contributed by atoms with Gasteiger partial charge in [0.2, 0.25) is 0 Å². The zero-order valence-electron chi connectivity index (χ0n) is 10.4. The summed E-state index contributed by atoms with van der Waals surface area (Å²) in [4.78, 5) is 10.4. The zero-order chi connectivity index (χ0) is 12.8. The van der Waals surface area contributed by atoms with Crippen molar-refractivity contribution in [2.75, 3.05) is 0 Å². The van der Waals surface area contributed by atoms with Crippen LogP contribution >= 0.6 is 0 Å². The van der Waals surface area contributed by atoms with E-state index >= 15 is 0 Å². The highest BCUT2D eigenvalue weighted by Crippen LogP contribution is 2.13. The van der Waals surface area contributed by atoms with Crippen LogP contribution in [0.4, 0.5) is 0 Å². The van der Waals surface area contributed by atoms with Crippen molar-refractivity contribution in [3.8, 4) is 5.75 Å². The fourth-order valence-corrected chi connectivity index (χ4v) is 1.51. The van der Waals surface area contributed by atoms with Crippen LogP contribution in [0.15, 0.2) is 55.1 Å². The van der Waals surface area contributed by atoms with Gasteiger partial charge >= 0.3 is 0 Å². The second kappa shape index (κ2) is 6.03. The van der Waals surface area contributed by atoms with Crippen LogP contribution in [0.5, 0.6) is 5.75 Å². The number of aryl methyl sites for hydroxylation is 1. The summed E-state index contributed by atoms with van der Waals surface area (Å²) in [5.41, 5.74) is 3.35. The Balaban J connectivity index is 1.84. The molecule has 2 aromatic rings. The third-order valence-electron chi connectivity index (χ3n) is 2.62. The third-order valence-corrected chi connectivity index (χ3v) is 2.62. The van der Waals surface area contributed by atoms with Crippen LogP contribution in [0, 0.1) is 6.92 Å². The molecule has 2 rings (SSSR count). The summed E-state index contributed by atoms with van der Waals surface area (Å²) < 4.78 is 0. The van der Waals surface area contributed by atoms with Gasteiger partial charge in [0.15, 0.2) is 5.75 Å². The van der Waals surface area contributed by atoms with Crippen LogP contribution < -0.4 is 4.89 Å². The Hall–Kier alpha value is -2.06. The minimum absolute atomic E-state index is 0.422. The first-order valence-electron chi connectivity index (χ1n) is 5.85. The van der Waals surface area contributed by atoms with Crippen LogP contribution in [0.1, 0.15) is 16.7 Å². The van der Waals surface area contributed by atoms with Crippen molar-refractivity contribution in [2.45, 2.75) is 13.5 Å². The molecule has 0 radical (unpaired) electrons. The maximum absolute atomic E-state index is 5.20. The summed E-state index contributed by atoms with van der Waals surface area (Å²) in [6.07, 6.45) is 1.81. The van der Waals surface area contributed by atoms with Gasteiger partial charge in [0, 0.05) is 0 Å². The van der Waals surface area contributed by atoms with Crippen molar-refractivity contribution in [1.29, 1.82) is 0 Å². The molecule has 0 aliphatic rings. The average Bonchev–Trinajstić information content (AvgIpc) is 2.42. The molecule has 2 heteroatoms. The minimum atomic E-state index is 0.422. The Labute approximate surface area is 107 Å². The molecule has 92 valence electrons. The summed E-state index contributed by atoms with van der Waals surface area (Å²) in [5.74, 6) is 0.711. The predicted octanol–water partition coefficient (Wildman–Crippen LogP) is 4.15. The van der Waals surface area contributed by atoms with Gasteiger partial charge in [-0.15, -0.1) is 0 Å². The molecule has 2 aromatic carbocycles. The van der Waals surface area contributed by atoms with E-state index in [0.717, 1.165) is 11.1 Å². The maximum atomic E-state index is 5.20. The van der Waals surface area contributed by atoms with Crippen LogP contribution in [0.3, 0.4) is 0 Å². The SMILES string of the molecule is C=Cc1ccc(COOc2ccc(C)cc2)cc1. The average molecular weight is 240 g/mol.